The van der Waals surface area contributed by atoms with Crippen molar-refractivity contribution in [1.29, 1.82) is 0 Å². The molecule has 0 spiro atoms. The summed E-state index contributed by atoms with van der Waals surface area (Å²) >= 11 is 0. The first-order valence-corrected chi connectivity index (χ1v) is 10.9. The second kappa shape index (κ2) is 9.94. The van der Waals surface area contributed by atoms with Gasteiger partial charge < -0.3 is 23.8 Å². The van der Waals surface area contributed by atoms with Crippen LogP contribution in [0.2, 0.25) is 0 Å². The third kappa shape index (κ3) is 5.27. The molecule has 7 nitrogen and oxygen atoms in total. The summed E-state index contributed by atoms with van der Waals surface area (Å²) in [5, 5.41) is 13.1. The van der Waals surface area contributed by atoms with E-state index in [2.05, 4.69) is 5.16 Å². The van der Waals surface area contributed by atoms with Gasteiger partial charge in [0.25, 0.3) is 0 Å². The fourth-order valence-electron chi connectivity index (χ4n) is 3.60. The van der Waals surface area contributed by atoms with Crippen molar-refractivity contribution in [2.45, 2.75) is 51.2 Å². The van der Waals surface area contributed by atoms with Gasteiger partial charge in [0, 0.05) is 0 Å². The number of carboxylic acid groups (broad SMARTS) is 1. The molecule has 1 heterocycles. The molecule has 3 aromatic rings. The Morgan fingerprint density at radius 2 is 2.06 bits per heavy atom. The number of hydrogen-bond acceptors (Lipinski definition) is 6. The Bertz CT molecular complexity index is 1120. The lowest BCUT2D eigenvalue weighted by Gasteiger charge is -2.26. The topological polar surface area (TPSA) is 91.0 Å². The van der Waals surface area contributed by atoms with E-state index in [4.69, 9.17) is 23.8 Å². The molecule has 1 atom stereocenters. The highest BCUT2D eigenvalue weighted by Crippen LogP contribution is 2.39. The van der Waals surface area contributed by atoms with Crippen LogP contribution >= 0.6 is 0 Å². The number of aliphatic carboxylic acids is 1. The van der Waals surface area contributed by atoms with Gasteiger partial charge in [-0.05, 0) is 61.1 Å². The zero-order valence-corrected chi connectivity index (χ0v) is 18.5. The summed E-state index contributed by atoms with van der Waals surface area (Å²) in [5.41, 5.74) is 1.48. The van der Waals surface area contributed by atoms with Crippen LogP contribution in [0.4, 0.5) is 4.39 Å². The average Bonchev–Trinajstić information content (AvgIpc) is 3.17. The van der Waals surface area contributed by atoms with Gasteiger partial charge in [0.2, 0.25) is 5.76 Å². The Hall–Kier alpha value is -3.55. The number of hydrogen-bond donors (Lipinski definition) is 1. The molecule has 33 heavy (non-hydrogen) atoms. The van der Waals surface area contributed by atoms with Crippen molar-refractivity contribution >= 4 is 5.97 Å². The van der Waals surface area contributed by atoms with Crippen LogP contribution in [-0.2, 0) is 11.4 Å². The number of aromatic nitrogens is 1. The Balaban J connectivity index is 1.58. The van der Waals surface area contributed by atoms with Gasteiger partial charge in [-0.25, -0.2) is 4.39 Å². The molecule has 1 aliphatic rings. The molecule has 8 heteroatoms. The van der Waals surface area contributed by atoms with Crippen LogP contribution in [0, 0.1) is 5.82 Å². The molecule has 0 unspecified atom stereocenters. The molecule has 0 bridgehead atoms. The summed E-state index contributed by atoms with van der Waals surface area (Å²) in [5.74, 6) is 0.129. The zero-order valence-electron chi connectivity index (χ0n) is 18.5. The highest BCUT2D eigenvalue weighted by Gasteiger charge is 2.28. The molecule has 1 aliphatic carbocycles. The maximum absolute atomic E-state index is 14.6. The molecule has 0 radical (unpaired) electrons. The van der Waals surface area contributed by atoms with Gasteiger partial charge in [0.05, 0.1) is 25.2 Å². The van der Waals surface area contributed by atoms with Crippen LogP contribution in [-0.4, -0.2) is 29.4 Å². The first kappa shape index (κ1) is 22.6. The fourth-order valence-corrected chi connectivity index (χ4v) is 3.60. The number of ether oxygens (including phenoxy) is 3. The predicted octanol–water partition coefficient (Wildman–Crippen LogP) is 5.58. The number of methoxy groups -OCH3 is 1. The molecule has 2 aromatic carbocycles. The number of carbonyl (C=O) groups is 1. The second-order valence-electron chi connectivity index (χ2n) is 8.16. The number of benzene rings is 2. The lowest BCUT2D eigenvalue weighted by molar-refractivity contribution is -0.137. The van der Waals surface area contributed by atoms with Gasteiger partial charge in [0.1, 0.15) is 23.9 Å². The smallest absolute Gasteiger partial charge is 0.303 e. The van der Waals surface area contributed by atoms with Gasteiger partial charge in [-0.3, -0.25) is 4.79 Å². The van der Waals surface area contributed by atoms with Crippen LogP contribution in [0.15, 0.2) is 47.0 Å². The molecule has 1 N–H and O–H groups in total. The molecule has 0 saturated heterocycles. The van der Waals surface area contributed by atoms with E-state index in [0.717, 1.165) is 24.8 Å². The van der Waals surface area contributed by atoms with Crippen molar-refractivity contribution in [1.82, 2.24) is 5.16 Å². The van der Waals surface area contributed by atoms with E-state index in [-0.39, 0.29) is 36.4 Å². The van der Waals surface area contributed by atoms with Crippen molar-refractivity contribution in [3.8, 4) is 28.6 Å². The summed E-state index contributed by atoms with van der Waals surface area (Å²) in [6, 6.07) is 11.7. The van der Waals surface area contributed by atoms with Crippen LogP contribution in [0.1, 0.15) is 49.8 Å². The average molecular weight is 455 g/mol. The van der Waals surface area contributed by atoms with Crippen LogP contribution < -0.4 is 14.2 Å². The van der Waals surface area contributed by atoms with E-state index in [1.165, 1.54) is 19.2 Å². The Labute approximate surface area is 191 Å². The minimum absolute atomic E-state index is 0.0239. The summed E-state index contributed by atoms with van der Waals surface area (Å²) in [4.78, 5) is 11.0. The molecule has 1 fully saturated rings. The first-order valence-electron chi connectivity index (χ1n) is 10.9. The van der Waals surface area contributed by atoms with Crippen molar-refractivity contribution < 1.29 is 33.0 Å². The predicted molar refractivity (Wildman–Crippen MR) is 118 cm³/mol. The van der Waals surface area contributed by atoms with E-state index < -0.39 is 11.8 Å². The summed E-state index contributed by atoms with van der Waals surface area (Å²) in [6.45, 7) is 1.90. The Kier molecular flexibility index (Phi) is 6.82. The molecular formula is C25H26FNO6. The third-order valence-corrected chi connectivity index (χ3v) is 5.75. The highest BCUT2D eigenvalue weighted by molar-refractivity contribution is 5.68. The Morgan fingerprint density at radius 1 is 1.24 bits per heavy atom. The van der Waals surface area contributed by atoms with E-state index in [0.29, 0.717) is 22.9 Å². The van der Waals surface area contributed by atoms with Crippen molar-refractivity contribution in [3.63, 3.8) is 0 Å². The van der Waals surface area contributed by atoms with Crippen LogP contribution in [0.25, 0.3) is 11.3 Å². The lowest BCUT2D eigenvalue weighted by Crippen LogP contribution is -2.25. The molecule has 174 valence electrons. The number of nitrogens with zero attached hydrogens (tertiary/aromatic N) is 1. The van der Waals surface area contributed by atoms with Gasteiger partial charge in [0.15, 0.2) is 11.4 Å². The van der Waals surface area contributed by atoms with Gasteiger partial charge in [-0.15, -0.1) is 0 Å². The van der Waals surface area contributed by atoms with Crippen molar-refractivity contribution in [2.24, 2.45) is 0 Å². The SMILES string of the molecule is COc1ccc(F)c(-c2onc(COc3cccc([C@H](C)CC(=O)O)c3)c2OC2CCC2)c1. The molecular weight excluding hydrogens is 429 g/mol. The van der Waals surface area contributed by atoms with E-state index in [9.17, 15) is 9.18 Å². The van der Waals surface area contributed by atoms with Crippen molar-refractivity contribution in [2.75, 3.05) is 7.11 Å². The maximum Gasteiger partial charge on any atom is 0.303 e. The molecule has 4 rings (SSSR count). The second-order valence-corrected chi connectivity index (χ2v) is 8.16. The molecule has 1 saturated carbocycles. The number of rotatable bonds is 10. The summed E-state index contributed by atoms with van der Waals surface area (Å²) in [6.07, 6.45) is 2.95. The number of halogens is 1. The zero-order chi connectivity index (χ0) is 23.4. The first-order chi connectivity index (χ1) is 15.9. The fraction of sp³-hybridized carbons (Fsp3) is 0.360. The van der Waals surface area contributed by atoms with Crippen LogP contribution in [0.5, 0.6) is 17.2 Å². The summed E-state index contributed by atoms with van der Waals surface area (Å²) in [7, 11) is 1.51. The third-order valence-electron chi connectivity index (χ3n) is 5.75. The van der Waals surface area contributed by atoms with E-state index >= 15 is 0 Å². The molecule has 0 aliphatic heterocycles. The standard InChI is InChI=1S/C25H26FNO6/c1-15(11-23(28)29)16-5-3-8-19(12-16)31-14-22-25(32-17-6-4-7-17)24(33-27-22)20-13-18(30-2)9-10-21(20)26/h3,5,8-10,12-13,15,17H,4,6-7,11,14H2,1-2H3,(H,28,29)/t15-/m1/s1. The highest BCUT2D eigenvalue weighted by atomic mass is 19.1. The molecule has 0 amide bonds. The lowest BCUT2D eigenvalue weighted by atomic mass is 9.96. The monoisotopic (exact) mass is 455 g/mol. The van der Waals surface area contributed by atoms with Gasteiger partial charge in [-0.2, -0.15) is 0 Å². The largest absolute Gasteiger partial charge is 0.497 e. The maximum atomic E-state index is 14.6. The van der Waals surface area contributed by atoms with E-state index in [1.807, 2.05) is 25.1 Å². The van der Waals surface area contributed by atoms with E-state index in [1.54, 1.807) is 12.1 Å². The minimum atomic E-state index is -0.855. The van der Waals surface area contributed by atoms with Gasteiger partial charge in [-0.1, -0.05) is 24.2 Å². The summed E-state index contributed by atoms with van der Waals surface area (Å²) < 4.78 is 37.4. The normalized spacial score (nSPS) is 14.4. The Morgan fingerprint density at radius 3 is 2.76 bits per heavy atom. The molecule has 1 aromatic heterocycles. The quantitative estimate of drug-likeness (QED) is 0.427. The number of carboxylic acids is 1. The minimum Gasteiger partial charge on any atom is -0.497 e. The van der Waals surface area contributed by atoms with Gasteiger partial charge >= 0.3 is 5.97 Å². The van der Waals surface area contributed by atoms with Crippen molar-refractivity contribution in [3.05, 3.63) is 59.5 Å². The van der Waals surface area contributed by atoms with Crippen LogP contribution in [0.3, 0.4) is 0 Å².